The first-order valence-electron chi connectivity index (χ1n) is 5.05. The van der Waals surface area contributed by atoms with E-state index in [1.54, 1.807) is 6.92 Å². The lowest BCUT2D eigenvalue weighted by atomic mass is 9.89. The molecule has 2 unspecified atom stereocenters. The Labute approximate surface area is 79.6 Å². The van der Waals surface area contributed by atoms with E-state index < -0.39 is 6.04 Å². The summed E-state index contributed by atoms with van der Waals surface area (Å²) >= 11 is 0. The molecule has 1 aliphatic rings. The molecule has 0 saturated heterocycles. The molecule has 1 saturated carbocycles. The van der Waals surface area contributed by atoms with Crippen LogP contribution < -0.4 is 5.73 Å². The highest BCUT2D eigenvalue weighted by molar-refractivity contribution is 5.75. The zero-order chi connectivity index (χ0) is 9.84. The summed E-state index contributed by atoms with van der Waals surface area (Å²) in [7, 11) is 0. The predicted octanol–water partition coefficient (Wildman–Crippen LogP) is 1.46. The summed E-state index contributed by atoms with van der Waals surface area (Å²) in [5.41, 5.74) is 5.41. The Morgan fingerprint density at radius 2 is 2.23 bits per heavy atom. The molecular weight excluding hydrogens is 166 g/mol. The molecule has 1 aliphatic carbocycles. The van der Waals surface area contributed by atoms with Gasteiger partial charge in [-0.25, -0.2) is 0 Å². The average Bonchev–Trinajstić information content (AvgIpc) is 2.04. The normalized spacial score (nSPS) is 31.0. The first-order chi connectivity index (χ1) is 6.09. The van der Waals surface area contributed by atoms with Gasteiger partial charge in [0.2, 0.25) is 0 Å². The minimum absolute atomic E-state index is 0.113. The molecule has 0 amide bonds. The molecule has 2 N–H and O–H groups in total. The summed E-state index contributed by atoms with van der Waals surface area (Å²) in [6.07, 6.45) is 4.54. The second-order valence-electron chi connectivity index (χ2n) is 4.12. The van der Waals surface area contributed by atoms with Crippen molar-refractivity contribution < 1.29 is 9.53 Å². The van der Waals surface area contributed by atoms with E-state index in [2.05, 4.69) is 6.92 Å². The third kappa shape index (κ3) is 3.35. The van der Waals surface area contributed by atoms with Gasteiger partial charge in [0, 0.05) is 0 Å². The van der Waals surface area contributed by atoms with Crippen LogP contribution in [0.25, 0.3) is 0 Å². The third-order valence-electron chi connectivity index (χ3n) is 2.54. The van der Waals surface area contributed by atoms with E-state index in [1.165, 1.54) is 6.42 Å². The zero-order valence-corrected chi connectivity index (χ0v) is 8.45. The monoisotopic (exact) mass is 185 g/mol. The van der Waals surface area contributed by atoms with Crippen LogP contribution >= 0.6 is 0 Å². The van der Waals surface area contributed by atoms with Crippen molar-refractivity contribution >= 4 is 5.97 Å². The maximum absolute atomic E-state index is 11.2. The van der Waals surface area contributed by atoms with E-state index >= 15 is 0 Å². The number of carbonyl (C=O) groups excluding carboxylic acids is 1. The van der Waals surface area contributed by atoms with Crippen LogP contribution in [0.1, 0.15) is 39.5 Å². The van der Waals surface area contributed by atoms with Gasteiger partial charge in [0.05, 0.1) is 0 Å². The van der Waals surface area contributed by atoms with Gasteiger partial charge >= 0.3 is 5.97 Å². The second kappa shape index (κ2) is 4.61. The van der Waals surface area contributed by atoms with Crippen LogP contribution in [0, 0.1) is 5.92 Å². The molecule has 0 aromatic rings. The van der Waals surface area contributed by atoms with Crippen molar-refractivity contribution in [2.75, 3.05) is 0 Å². The van der Waals surface area contributed by atoms with Crippen molar-refractivity contribution in [1.29, 1.82) is 0 Å². The van der Waals surface area contributed by atoms with Gasteiger partial charge in [0.15, 0.2) is 0 Å². The SMILES string of the molecule is CC1CCCC(OC(=O)[C@@H](C)N)C1. The average molecular weight is 185 g/mol. The first kappa shape index (κ1) is 10.5. The molecule has 0 spiro atoms. The minimum Gasteiger partial charge on any atom is -0.461 e. The molecule has 3 heteroatoms. The molecule has 0 aromatic heterocycles. The molecule has 3 atom stereocenters. The fourth-order valence-electron chi connectivity index (χ4n) is 1.76. The Kier molecular flexibility index (Phi) is 3.72. The number of esters is 1. The summed E-state index contributed by atoms with van der Waals surface area (Å²) in [4.78, 5) is 11.2. The van der Waals surface area contributed by atoms with Gasteiger partial charge in [0.25, 0.3) is 0 Å². The van der Waals surface area contributed by atoms with Gasteiger partial charge in [-0.1, -0.05) is 13.3 Å². The summed E-state index contributed by atoms with van der Waals surface area (Å²) in [6, 6.07) is -0.489. The molecule has 76 valence electrons. The molecule has 0 heterocycles. The lowest BCUT2D eigenvalue weighted by Crippen LogP contribution is -2.34. The number of nitrogens with two attached hydrogens (primary N) is 1. The molecule has 0 radical (unpaired) electrons. The maximum atomic E-state index is 11.2. The largest absolute Gasteiger partial charge is 0.461 e. The van der Waals surface area contributed by atoms with E-state index in [9.17, 15) is 4.79 Å². The zero-order valence-electron chi connectivity index (χ0n) is 8.45. The topological polar surface area (TPSA) is 52.3 Å². The Morgan fingerprint density at radius 3 is 2.77 bits per heavy atom. The van der Waals surface area contributed by atoms with E-state index in [0.717, 1.165) is 19.3 Å². The van der Waals surface area contributed by atoms with Crippen LogP contribution in [0.4, 0.5) is 0 Å². The Hall–Kier alpha value is -0.570. The second-order valence-corrected chi connectivity index (χ2v) is 4.12. The Morgan fingerprint density at radius 1 is 1.54 bits per heavy atom. The van der Waals surface area contributed by atoms with Crippen molar-refractivity contribution in [3.05, 3.63) is 0 Å². The standard InChI is InChI=1S/C10H19NO2/c1-7-4-3-5-9(6-7)13-10(12)8(2)11/h7-9H,3-6,11H2,1-2H3/t7?,8-,9?/m1/s1. The van der Waals surface area contributed by atoms with Crippen molar-refractivity contribution in [3.63, 3.8) is 0 Å². The molecule has 1 rings (SSSR count). The van der Waals surface area contributed by atoms with Gasteiger partial charge in [-0.15, -0.1) is 0 Å². The number of hydrogen-bond acceptors (Lipinski definition) is 3. The number of ether oxygens (including phenoxy) is 1. The summed E-state index contributed by atoms with van der Waals surface area (Å²) in [6.45, 7) is 3.86. The summed E-state index contributed by atoms with van der Waals surface area (Å²) in [5, 5.41) is 0. The first-order valence-corrected chi connectivity index (χ1v) is 5.05. The Balaban J connectivity index is 2.31. The van der Waals surface area contributed by atoms with Crippen LogP contribution in [0.5, 0.6) is 0 Å². The van der Waals surface area contributed by atoms with E-state index in [-0.39, 0.29) is 12.1 Å². The van der Waals surface area contributed by atoms with Crippen LogP contribution in [0.2, 0.25) is 0 Å². The molecular formula is C10H19NO2. The van der Waals surface area contributed by atoms with Crippen LogP contribution in [0.15, 0.2) is 0 Å². The van der Waals surface area contributed by atoms with Crippen LogP contribution in [-0.2, 0) is 9.53 Å². The highest BCUT2D eigenvalue weighted by Crippen LogP contribution is 2.25. The highest BCUT2D eigenvalue weighted by Gasteiger charge is 2.23. The third-order valence-corrected chi connectivity index (χ3v) is 2.54. The van der Waals surface area contributed by atoms with E-state index in [4.69, 9.17) is 10.5 Å². The smallest absolute Gasteiger partial charge is 0.322 e. The van der Waals surface area contributed by atoms with Gasteiger partial charge in [0.1, 0.15) is 12.1 Å². The summed E-state index contributed by atoms with van der Waals surface area (Å²) < 4.78 is 5.26. The van der Waals surface area contributed by atoms with Gasteiger partial charge in [-0.2, -0.15) is 0 Å². The van der Waals surface area contributed by atoms with Crippen molar-refractivity contribution in [1.82, 2.24) is 0 Å². The van der Waals surface area contributed by atoms with Gasteiger partial charge in [-0.05, 0) is 32.1 Å². The highest BCUT2D eigenvalue weighted by atomic mass is 16.5. The molecule has 13 heavy (non-hydrogen) atoms. The predicted molar refractivity (Wildman–Crippen MR) is 51.2 cm³/mol. The molecule has 0 bridgehead atoms. The maximum Gasteiger partial charge on any atom is 0.322 e. The summed E-state index contributed by atoms with van der Waals surface area (Å²) in [5.74, 6) is 0.415. The molecule has 3 nitrogen and oxygen atoms in total. The van der Waals surface area contributed by atoms with Crippen LogP contribution in [-0.4, -0.2) is 18.1 Å². The lowest BCUT2D eigenvalue weighted by Gasteiger charge is -2.26. The fraction of sp³-hybridized carbons (Fsp3) is 0.900. The van der Waals surface area contributed by atoms with E-state index in [0.29, 0.717) is 5.92 Å². The minimum atomic E-state index is -0.489. The van der Waals surface area contributed by atoms with Crippen molar-refractivity contribution in [3.8, 4) is 0 Å². The molecule has 0 aromatic carbocycles. The number of rotatable bonds is 2. The number of carbonyl (C=O) groups is 1. The lowest BCUT2D eigenvalue weighted by molar-refractivity contribution is -0.152. The molecule has 1 fully saturated rings. The number of hydrogen-bond donors (Lipinski definition) is 1. The fourth-order valence-corrected chi connectivity index (χ4v) is 1.76. The van der Waals surface area contributed by atoms with Gasteiger partial charge < -0.3 is 10.5 Å². The van der Waals surface area contributed by atoms with Crippen molar-refractivity contribution in [2.45, 2.75) is 51.7 Å². The van der Waals surface area contributed by atoms with Crippen LogP contribution in [0.3, 0.4) is 0 Å². The quantitative estimate of drug-likeness (QED) is 0.662. The van der Waals surface area contributed by atoms with Crippen molar-refractivity contribution in [2.24, 2.45) is 11.7 Å². The van der Waals surface area contributed by atoms with Gasteiger partial charge in [-0.3, -0.25) is 4.79 Å². The Bertz CT molecular complexity index is 180. The van der Waals surface area contributed by atoms with E-state index in [1.807, 2.05) is 0 Å². The molecule has 0 aliphatic heterocycles.